The minimum Gasteiger partial charge on any atom is -0.340 e. The SMILES string of the molecule is CCC(=O)N1CCCC1C(=O)N1CCCN(CCn2ccnc2)CC1. The van der Waals surface area contributed by atoms with Crippen LogP contribution in [0.25, 0.3) is 0 Å². The summed E-state index contributed by atoms with van der Waals surface area (Å²) in [4.78, 5) is 35.3. The van der Waals surface area contributed by atoms with Gasteiger partial charge in [-0.2, -0.15) is 0 Å². The molecule has 2 aliphatic heterocycles. The first-order chi connectivity index (χ1) is 12.2. The van der Waals surface area contributed by atoms with Crippen LogP contribution in [0.4, 0.5) is 0 Å². The lowest BCUT2D eigenvalue weighted by atomic mass is 10.1. The molecule has 0 aliphatic carbocycles. The summed E-state index contributed by atoms with van der Waals surface area (Å²) in [6.45, 7) is 7.96. The van der Waals surface area contributed by atoms with Crippen LogP contribution >= 0.6 is 0 Å². The highest BCUT2D eigenvalue weighted by Gasteiger charge is 2.36. The number of hydrogen-bond acceptors (Lipinski definition) is 4. The van der Waals surface area contributed by atoms with Crippen molar-refractivity contribution >= 4 is 11.8 Å². The first kappa shape index (κ1) is 17.9. The number of hydrogen-bond donors (Lipinski definition) is 0. The summed E-state index contributed by atoms with van der Waals surface area (Å²) < 4.78 is 2.08. The van der Waals surface area contributed by atoms with Crippen molar-refractivity contribution in [2.45, 2.75) is 45.2 Å². The van der Waals surface area contributed by atoms with Gasteiger partial charge in [-0.15, -0.1) is 0 Å². The molecule has 7 heteroatoms. The zero-order chi connectivity index (χ0) is 17.6. The molecule has 0 bridgehead atoms. The van der Waals surface area contributed by atoms with Crippen LogP contribution in [0.1, 0.15) is 32.6 Å². The van der Waals surface area contributed by atoms with Gasteiger partial charge in [0, 0.05) is 58.1 Å². The molecule has 0 saturated carbocycles. The van der Waals surface area contributed by atoms with Crippen molar-refractivity contribution in [2.24, 2.45) is 0 Å². The zero-order valence-corrected chi connectivity index (χ0v) is 15.1. The first-order valence-electron chi connectivity index (χ1n) is 9.45. The fraction of sp³-hybridized carbons (Fsp3) is 0.722. The minimum absolute atomic E-state index is 0.104. The molecule has 25 heavy (non-hydrogen) atoms. The van der Waals surface area contributed by atoms with Crippen molar-refractivity contribution in [1.82, 2.24) is 24.3 Å². The first-order valence-corrected chi connectivity index (χ1v) is 9.45. The lowest BCUT2D eigenvalue weighted by Crippen LogP contribution is -2.48. The summed E-state index contributed by atoms with van der Waals surface area (Å²) in [7, 11) is 0. The topological polar surface area (TPSA) is 61.7 Å². The second-order valence-electron chi connectivity index (χ2n) is 6.92. The summed E-state index contributed by atoms with van der Waals surface area (Å²) in [5, 5.41) is 0. The van der Waals surface area contributed by atoms with E-state index in [9.17, 15) is 9.59 Å². The Hall–Kier alpha value is -1.89. The summed E-state index contributed by atoms with van der Waals surface area (Å²) in [5.41, 5.74) is 0. The van der Waals surface area contributed by atoms with Gasteiger partial charge in [-0.1, -0.05) is 6.92 Å². The minimum atomic E-state index is -0.232. The molecule has 0 radical (unpaired) electrons. The van der Waals surface area contributed by atoms with E-state index < -0.39 is 0 Å². The third-order valence-corrected chi connectivity index (χ3v) is 5.29. The number of amides is 2. The predicted octanol–water partition coefficient (Wildman–Crippen LogP) is 0.818. The summed E-state index contributed by atoms with van der Waals surface area (Å²) >= 11 is 0. The third-order valence-electron chi connectivity index (χ3n) is 5.29. The Labute approximate surface area is 149 Å². The van der Waals surface area contributed by atoms with E-state index in [1.54, 1.807) is 11.1 Å². The summed E-state index contributed by atoms with van der Waals surface area (Å²) in [6, 6.07) is -0.232. The normalized spacial score (nSPS) is 22.2. The molecule has 2 aliphatic rings. The number of likely N-dealkylation sites (tertiary alicyclic amines) is 1. The molecule has 3 heterocycles. The smallest absolute Gasteiger partial charge is 0.245 e. The highest BCUT2D eigenvalue weighted by atomic mass is 16.2. The van der Waals surface area contributed by atoms with E-state index in [-0.39, 0.29) is 17.9 Å². The van der Waals surface area contributed by atoms with E-state index in [1.807, 2.05) is 24.3 Å². The zero-order valence-electron chi connectivity index (χ0n) is 15.1. The largest absolute Gasteiger partial charge is 0.340 e. The van der Waals surface area contributed by atoms with E-state index in [2.05, 4.69) is 14.5 Å². The molecule has 0 aromatic carbocycles. The van der Waals surface area contributed by atoms with Crippen LogP contribution in [0.3, 0.4) is 0 Å². The number of nitrogens with zero attached hydrogens (tertiary/aromatic N) is 5. The van der Waals surface area contributed by atoms with E-state index in [4.69, 9.17) is 0 Å². The monoisotopic (exact) mass is 347 g/mol. The number of imidazole rings is 1. The average molecular weight is 347 g/mol. The van der Waals surface area contributed by atoms with Gasteiger partial charge in [0.25, 0.3) is 0 Å². The van der Waals surface area contributed by atoms with Crippen LogP contribution in [0.2, 0.25) is 0 Å². The molecule has 2 saturated heterocycles. The van der Waals surface area contributed by atoms with Gasteiger partial charge in [0.05, 0.1) is 6.33 Å². The third kappa shape index (κ3) is 4.39. The highest BCUT2D eigenvalue weighted by molar-refractivity contribution is 5.88. The quantitative estimate of drug-likeness (QED) is 0.791. The number of carbonyl (C=O) groups is 2. The van der Waals surface area contributed by atoms with Crippen LogP contribution in [0.15, 0.2) is 18.7 Å². The standard InChI is InChI=1S/C18H29N5O2/c1-2-17(24)23-9-3-5-16(23)18(25)22-8-4-7-20(13-14-22)11-12-21-10-6-19-15-21/h6,10,15-16H,2-5,7-9,11-14H2,1H3. The molecule has 0 N–H and O–H groups in total. The average Bonchev–Trinajstić information content (AvgIpc) is 3.27. The lowest BCUT2D eigenvalue weighted by Gasteiger charge is -2.29. The predicted molar refractivity (Wildman–Crippen MR) is 94.9 cm³/mol. The molecule has 0 spiro atoms. The molecular weight excluding hydrogens is 318 g/mol. The Morgan fingerprint density at radius 1 is 1.08 bits per heavy atom. The summed E-state index contributed by atoms with van der Waals surface area (Å²) in [5.74, 6) is 0.253. The van der Waals surface area contributed by atoms with Crippen molar-refractivity contribution in [3.8, 4) is 0 Å². The van der Waals surface area contributed by atoms with Crippen LogP contribution < -0.4 is 0 Å². The van der Waals surface area contributed by atoms with E-state index in [0.717, 1.165) is 65.1 Å². The van der Waals surface area contributed by atoms with Crippen molar-refractivity contribution in [3.63, 3.8) is 0 Å². The second-order valence-corrected chi connectivity index (χ2v) is 6.92. The van der Waals surface area contributed by atoms with Crippen molar-refractivity contribution in [1.29, 1.82) is 0 Å². The molecule has 2 fully saturated rings. The van der Waals surface area contributed by atoms with Crippen molar-refractivity contribution in [3.05, 3.63) is 18.7 Å². The van der Waals surface area contributed by atoms with Crippen molar-refractivity contribution < 1.29 is 9.59 Å². The molecular formula is C18H29N5O2. The van der Waals surface area contributed by atoms with Crippen molar-refractivity contribution in [2.75, 3.05) is 39.3 Å². The fourth-order valence-corrected chi connectivity index (χ4v) is 3.83. The number of rotatable bonds is 5. The highest BCUT2D eigenvalue weighted by Crippen LogP contribution is 2.21. The summed E-state index contributed by atoms with van der Waals surface area (Å²) in [6.07, 6.45) is 8.84. The van der Waals surface area contributed by atoms with Crippen LogP contribution in [0, 0.1) is 0 Å². The van der Waals surface area contributed by atoms with Gasteiger partial charge in [-0.3, -0.25) is 14.5 Å². The molecule has 1 aromatic heterocycles. The maximum absolute atomic E-state index is 12.9. The molecule has 1 aromatic rings. The van der Waals surface area contributed by atoms with Gasteiger partial charge in [0.15, 0.2) is 0 Å². The number of carbonyl (C=O) groups excluding carboxylic acids is 2. The Morgan fingerprint density at radius 2 is 1.96 bits per heavy atom. The Bertz CT molecular complexity index is 574. The van der Waals surface area contributed by atoms with Gasteiger partial charge in [-0.25, -0.2) is 4.98 Å². The fourth-order valence-electron chi connectivity index (χ4n) is 3.83. The number of aromatic nitrogens is 2. The van der Waals surface area contributed by atoms with E-state index >= 15 is 0 Å². The molecule has 1 atom stereocenters. The lowest BCUT2D eigenvalue weighted by molar-refractivity contribution is -0.143. The molecule has 2 amide bonds. The van der Waals surface area contributed by atoms with E-state index in [0.29, 0.717) is 6.42 Å². The maximum atomic E-state index is 12.9. The molecule has 3 rings (SSSR count). The van der Waals surface area contributed by atoms with Crippen LogP contribution in [-0.2, 0) is 16.1 Å². The Kier molecular flexibility index (Phi) is 6.07. The van der Waals surface area contributed by atoms with Crippen LogP contribution in [0.5, 0.6) is 0 Å². The molecule has 7 nitrogen and oxygen atoms in total. The van der Waals surface area contributed by atoms with Crippen LogP contribution in [-0.4, -0.2) is 81.4 Å². The van der Waals surface area contributed by atoms with E-state index in [1.165, 1.54) is 0 Å². The van der Waals surface area contributed by atoms with Gasteiger partial charge in [0.1, 0.15) is 6.04 Å². The van der Waals surface area contributed by atoms with Gasteiger partial charge < -0.3 is 14.4 Å². The Balaban J connectivity index is 1.51. The maximum Gasteiger partial charge on any atom is 0.245 e. The van der Waals surface area contributed by atoms with Gasteiger partial charge in [-0.05, 0) is 25.8 Å². The van der Waals surface area contributed by atoms with Gasteiger partial charge >= 0.3 is 0 Å². The second kappa shape index (κ2) is 8.47. The molecule has 138 valence electrons. The Morgan fingerprint density at radius 3 is 2.72 bits per heavy atom. The molecule has 1 unspecified atom stereocenters. The van der Waals surface area contributed by atoms with Gasteiger partial charge in [0.2, 0.25) is 11.8 Å².